The summed E-state index contributed by atoms with van der Waals surface area (Å²) in [6.07, 6.45) is 0.188. The highest BCUT2D eigenvalue weighted by Crippen LogP contribution is 2.20. The number of methoxy groups -OCH3 is 1. The van der Waals surface area contributed by atoms with Gasteiger partial charge in [-0.2, -0.15) is 0 Å². The number of aryl methyl sites for hydroxylation is 1. The zero-order valence-electron chi connectivity index (χ0n) is 14.6. The van der Waals surface area contributed by atoms with Crippen LogP contribution in [0.15, 0.2) is 47.4 Å². The maximum absolute atomic E-state index is 13.2. The van der Waals surface area contributed by atoms with E-state index in [4.69, 9.17) is 4.74 Å². The lowest BCUT2D eigenvalue weighted by molar-refractivity contribution is -0.120. The van der Waals surface area contributed by atoms with Crippen molar-refractivity contribution >= 4 is 21.6 Å². The van der Waals surface area contributed by atoms with Gasteiger partial charge in [0.2, 0.25) is 5.91 Å². The lowest BCUT2D eigenvalue weighted by Crippen LogP contribution is -2.28. The first-order valence-corrected chi connectivity index (χ1v) is 9.43. The molecule has 0 radical (unpaired) electrons. The van der Waals surface area contributed by atoms with Crippen molar-refractivity contribution < 1.29 is 22.3 Å². The number of hydrogen-bond donors (Lipinski definition) is 2. The predicted octanol–water partition coefficient (Wildman–Crippen LogP) is 2.24. The molecule has 0 spiro atoms. The van der Waals surface area contributed by atoms with E-state index in [1.807, 2.05) is 0 Å². The van der Waals surface area contributed by atoms with Crippen LogP contribution < -0.4 is 10.0 Å². The minimum atomic E-state index is -3.82. The largest absolute Gasteiger partial charge is 0.383 e. The summed E-state index contributed by atoms with van der Waals surface area (Å²) in [6, 6.07) is 10.00. The van der Waals surface area contributed by atoms with E-state index >= 15 is 0 Å². The van der Waals surface area contributed by atoms with E-state index in [-0.39, 0.29) is 17.2 Å². The Labute approximate surface area is 152 Å². The van der Waals surface area contributed by atoms with Crippen molar-refractivity contribution in [3.8, 4) is 0 Å². The maximum Gasteiger partial charge on any atom is 0.262 e. The predicted molar refractivity (Wildman–Crippen MR) is 97.0 cm³/mol. The fraction of sp³-hybridized carbons (Fsp3) is 0.278. The number of carbonyl (C=O) groups is 1. The maximum atomic E-state index is 13.2. The first-order valence-electron chi connectivity index (χ1n) is 7.95. The van der Waals surface area contributed by atoms with Crippen molar-refractivity contribution in [1.82, 2.24) is 5.32 Å². The molecule has 8 heteroatoms. The monoisotopic (exact) mass is 380 g/mol. The standard InChI is InChI=1S/C18H21FN2O4S/c1-13-11-15(19)5-8-17(13)26(23,24)21-16-6-3-14(4-7-16)12-18(22)20-9-10-25-2/h3-8,11,21H,9-10,12H2,1-2H3,(H,20,22). The Morgan fingerprint density at radius 2 is 1.85 bits per heavy atom. The van der Waals surface area contributed by atoms with Crippen LogP contribution in [-0.2, 0) is 26.0 Å². The average Bonchev–Trinajstić information content (AvgIpc) is 2.56. The Morgan fingerprint density at radius 1 is 1.15 bits per heavy atom. The quantitative estimate of drug-likeness (QED) is 0.688. The van der Waals surface area contributed by atoms with Gasteiger partial charge in [0.1, 0.15) is 5.82 Å². The van der Waals surface area contributed by atoms with E-state index in [0.29, 0.717) is 24.4 Å². The summed E-state index contributed by atoms with van der Waals surface area (Å²) in [4.78, 5) is 11.8. The lowest BCUT2D eigenvalue weighted by atomic mass is 10.1. The van der Waals surface area contributed by atoms with Gasteiger partial charge in [-0.05, 0) is 48.4 Å². The molecule has 0 fully saturated rings. The highest BCUT2D eigenvalue weighted by Gasteiger charge is 2.17. The third-order valence-corrected chi connectivity index (χ3v) is 5.17. The molecule has 0 aliphatic heterocycles. The fourth-order valence-corrected chi connectivity index (χ4v) is 3.64. The summed E-state index contributed by atoms with van der Waals surface area (Å²) >= 11 is 0. The fourth-order valence-electron chi connectivity index (χ4n) is 2.36. The summed E-state index contributed by atoms with van der Waals surface area (Å²) in [5, 5.41) is 2.71. The van der Waals surface area contributed by atoms with Crippen LogP contribution in [0.4, 0.5) is 10.1 Å². The molecule has 0 atom stereocenters. The van der Waals surface area contributed by atoms with Gasteiger partial charge in [-0.1, -0.05) is 12.1 Å². The zero-order chi connectivity index (χ0) is 19.2. The number of ether oxygens (including phenoxy) is 1. The second-order valence-electron chi connectivity index (χ2n) is 5.73. The number of halogens is 1. The number of nitrogens with one attached hydrogen (secondary N) is 2. The Hall–Kier alpha value is -2.45. The van der Waals surface area contributed by atoms with Gasteiger partial charge in [-0.25, -0.2) is 12.8 Å². The molecular formula is C18H21FN2O4S. The lowest BCUT2D eigenvalue weighted by Gasteiger charge is -2.11. The van der Waals surface area contributed by atoms with E-state index in [9.17, 15) is 17.6 Å². The van der Waals surface area contributed by atoms with Crippen LogP contribution in [0.1, 0.15) is 11.1 Å². The van der Waals surface area contributed by atoms with Gasteiger partial charge in [0.25, 0.3) is 10.0 Å². The van der Waals surface area contributed by atoms with Crippen LogP contribution in [0.25, 0.3) is 0 Å². The van der Waals surface area contributed by atoms with Gasteiger partial charge < -0.3 is 10.1 Å². The first-order chi connectivity index (χ1) is 12.3. The highest BCUT2D eigenvalue weighted by molar-refractivity contribution is 7.92. The van der Waals surface area contributed by atoms with Crippen molar-refractivity contribution in [1.29, 1.82) is 0 Å². The number of hydrogen-bond acceptors (Lipinski definition) is 4. The Kier molecular flexibility index (Phi) is 6.70. The topological polar surface area (TPSA) is 84.5 Å². The molecule has 2 N–H and O–H groups in total. The van der Waals surface area contributed by atoms with E-state index in [1.54, 1.807) is 31.4 Å². The molecular weight excluding hydrogens is 359 g/mol. The van der Waals surface area contributed by atoms with E-state index < -0.39 is 15.8 Å². The molecule has 0 aliphatic rings. The van der Waals surface area contributed by atoms with Crippen LogP contribution in [-0.4, -0.2) is 34.6 Å². The summed E-state index contributed by atoms with van der Waals surface area (Å²) < 4.78 is 45.3. The molecule has 6 nitrogen and oxygen atoms in total. The molecule has 0 saturated heterocycles. The van der Waals surface area contributed by atoms with Crippen molar-refractivity contribution in [2.45, 2.75) is 18.2 Å². The van der Waals surface area contributed by atoms with Gasteiger partial charge in [0.15, 0.2) is 0 Å². The molecule has 0 unspecified atom stereocenters. The molecule has 140 valence electrons. The molecule has 0 aromatic heterocycles. The van der Waals surface area contributed by atoms with Gasteiger partial charge in [-0.3, -0.25) is 9.52 Å². The molecule has 2 rings (SSSR count). The van der Waals surface area contributed by atoms with Gasteiger partial charge in [-0.15, -0.1) is 0 Å². The first kappa shape index (κ1) is 19.9. The molecule has 0 bridgehead atoms. The normalized spacial score (nSPS) is 11.2. The molecule has 2 aromatic rings. The van der Waals surface area contributed by atoms with Gasteiger partial charge in [0, 0.05) is 19.3 Å². The molecule has 0 aliphatic carbocycles. The third kappa shape index (κ3) is 5.53. The Bertz CT molecular complexity index is 867. The number of anilines is 1. The van der Waals surface area contributed by atoms with E-state index in [1.165, 1.54) is 19.1 Å². The number of benzene rings is 2. The Morgan fingerprint density at radius 3 is 2.46 bits per heavy atom. The second kappa shape index (κ2) is 8.77. The van der Waals surface area contributed by atoms with Crippen LogP contribution >= 0.6 is 0 Å². The minimum Gasteiger partial charge on any atom is -0.383 e. The molecule has 0 heterocycles. The second-order valence-corrected chi connectivity index (χ2v) is 7.38. The molecule has 2 aromatic carbocycles. The summed E-state index contributed by atoms with van der Waals surface area (Å²) in [6.45, 7) is 2.41. The van der Waals surface area contributed by atoms with Crippen LogP contribution in [0.2, 0.25) is 0 Å². The van der Waals surface area contributed by atoms with E-state index in [0.717, 1.165) is 11.6 Å². The molecule has 1 amide bonds. The summed E-state index contributed by atoms with van der Waals surface area (Å²) in [7, 11) is -2.27. The van der Waals surface area contributed by atoms with Crippen LogP contribution in [0, 0.1) is 12.7 Å². The number of amides is 1. The van der Waals surface area contributed by atoms with Crippen LogP contribution in [0.5, 0.6) is 0 Å². The SMILES string of the molecule is COCCNC(=O)Cc1ccc(NS(=O)(=O)c2ccc(F)cc2C)cc1. The zero-order valence-corrected chi connectivity index (χ0v) is 15.4. The number of sulfonamides is 1. The smallest absolute Gasteiger partial charge is 0.262 e. The minimum absolute atomic E-state index is 0.0143. The van der Waals surface area contributed by atoms with Crippen LogP contribution in [0.3, 0.4) is 0 Å². The third-order valence-electron chi connectivity index (χ3n) is 3.63. The summed E-state index contributed by atoms with van der Waals surface area (Å²) in [5.41, 5.74) is 1.43. The Balaban J connectivity index is 2.03. The van der Waals surface area contributed by atoms with Crippen molar-refractivity contribution in [2.24, 2.45) is 0 Å². The average molecular weight is 380 g/mol. The van der Waals surface area contributed by atoms with Crippen molar-refractivity contribution in [2.75, 3.05) is 25.0 Å². The van der Waals surface area contributed by atoms with E-state index in [2.05, 4.69) is 10.0 Å². The van der Waals surface area contributed by atoms with Gasteiger partial charge in [0.05, 0.1) is 17.9 Å². The molecule has 26 heavy (non-hydrogen) atoms. The van der Waals surface area contributed by atoms with Gasteiger partial charge >= 0.3 is 0 Å². The van der Waals surface area contributed by atoms with Crippen molar-refractivity contribution in [3.05, 3.63) is 59.4 Å². The highest BCUT2D eigenvalue weighted by atomic mass is 32.2. The number of rotatable bonds is 8. The summed E-state index contributed by atoms with van der Waals surface area (Å²) in [5.74, 6) is -0.633. The number of carbonyl (C=O) groups excluding carboxylic acids is 1. The van der Waals surface area contributed by atoms with Crippen molar-refractivity contribution in [3.63, 3.8) is 0 Å². The molecule has 0 saturated carbocycles.